The first-order chi connectivity index (χ1) is 7.25. The molecule has 7 heteroatoms. The predicted octanol–water partition coefficient (Wildman–Crippen LogP) is 1.95. The van der Waals surface area contributed by atoms with Crippen LogP contribution in [0, 0.1) is 5.41 Å². The number of hydrogen-bond donors (Lipinski definition) is 4. The van der Waals surface area contributed by atoms with Gasteiger partial charge in [0.15, 0.2) is 0 Å². The number of carbonyl (C=O) groups is 1. The molecule has 0 saturated carbocycles. The summed E-state index contributed by atoms with van der Waals surface area (Å²) in [5.41, 5.74) is 5.50. The van der Waals surface area contributed by atoms with Crippen molar-refractivity contribution in [1.82, 2.24) is 5.32 Å². The standard InChI is InChI=1S/C11H21N3O2.2ClH/c1-8(7-14-9(2)12)5-4-6-11(3,13)10(15)16;;/h5H,4,6-7,13H2,1-3H3,(H2,12,14)(H,15,16);2*1H/b8-5-;;/t11-;;/m0../s1. The van der Waals surface area contributed by atoms with E-state index in [1.807, 2.05) is 13.0 Å². The largest absolute Gasteiger partial charge is 0.480 e. The van der Waals surface area contributed by atoms with E-state index in [0.29, 0.717) is 25.2 Å². The van der Waals surface area contributed by atoms with E-state index < -0.39 is 11.5 Å². The minimum atomic E-state index is -1.17. The molecule has 0 aromatic carbocycles. The van der Waals surface area contributed by atoms with Crippen LogP contribution in [0.5, 0.6) is 0 Å². The van der Waals surface area contributed by atoms with E-state index in [-0.39, 0.29) is 24.8 Å². The lowest BCUT2D eigenvalue weighted by molar-refractivity contribution is -0.142. The highest BCUT2D eigenvalue weighted by atomic mass is 35.5. The predicted molar refractivity (Wildman–Crippen MR) is 79.1 cm³/mol. The van der Waals surface area contributed by atoms with Crippen molar-refractivity contribution in [3.63, 3.8) is 0 Å². The molecule has 0 radical (unpaired) electrons. The molecule has 0 saturated heterocycles. The van der Waals surface area contributed by atoms with Crippen molar-refractivity contribution in [2.45, 2.75) is 39.2 Å². The highest BCUT2D eigenvalue weighted by Crippen LogP contribution is 2.10. The minimum absolute atomic E-state index is 0. The van der Waals surface area contributed by atoms with Gasteiger partial charge >= 0.3 is 5.97 Å². The van der Waals surface area contributed by atoms with Crippen molar-refractivity contribution in [2.75, 3.05) is 6.54 Å². The summed E-state index contributed by atoms with van der Waals surface area (Å²) in [5.74, 6) is -0.561. The summed E-state index contributed by atoms with van der Waals surface area (Å²) in [6, 6.07) is 0. The number of rotatable bonds is 6. The number of halogens is 2. The third kappa shape index (κ3) is 10.4. The molecular weight excluding hydrogens is 277 g/mol. The summed E-state index contributed by atoms with van der Waals surface area (Å²) in [4.78, 5) is 10.7. The Morgan fingerprint density at radius 1 is 1.44 bits per heavy atom. The zero-order chi connectivity index (χ0) is 12.8. The monoisotopic (exact) mass is 299 g/mol. The van der Waals surface area contributed by atoms with Crippen LogP contribution < -0.4 is 11.1 Å². The maximum atomic E-state index is 10.7. The number of amidine groups is 1. The van der Waals surface area contributed by atoms with Gasteiger partial charge in [-0.05, 0) is 33.6 Å². The topological polar surface area (TPSA) is 99.2 Å². The van der Waals surface area contributed by atoms with Gasteiger partial charge < -0.3 is 16.2 Å². The van der Waals surface area contributed by atoms with Gasteiger partial charge in [-0.25, -0.2) is 0 Å². The Hall–Kier alpha value is -0.780. The Morgan fingerprint density at radius 3 is 2.33 bits per heavy atom. The number of nitrogens with one attached hydrogen (secondary N) is 2. The molecule has 108 valence electrons. The zero-order valence-corrected chi connectivity index (χ0v) is 12.6. The van der Waals surface area contributed by atoms with Crippen LogP contribution in [0.15, 0.2) is 11.6 Å². The van der Waals surface area contributed by atoms with Gasteiger partial charge in [0.25, 0.3) is 0 Å². The molecule has 0 unspecified atom stereocenters. The van der Waals surface area contributed by atoms with Crippen molar-refractivity contribution in [1.29, 1.82) is 5.41 Å². The lowest BCUT2D eigenvalue weighted by Gasteiger charge is -2.17. The second-order valence-electron chi connectivity index (χ2n) is 4.29. The molecule has 0 rings (SSSR count). The lowest BCUT2D eigenvalue weighted by Crippen LogP contribution is -2.44. The number of hydrogen-bond acceptors (Lipinski definition) is 3. The number of allylic oxidation sites excluding steroid dienone is 1. The van der Waals surface area contributed by atoms with Gasteiger partial charge in [0.1, 0.15) is 5.54 Å². The molecule has 18 heavy (non-hydrogen) atoms. The van der Waals surface area contributed by atoms with E-state index in [0.717, 1.165) is 5.57 Å². The van der Waals surface area contributed by atoms with Crippen LogP contribution in [-0.2, 0) is 4.79 Å². The molecule has 0 fully saturated rings. The molecular formula is C11H23Cl2N3O2. The van der Waals surface area contributed by atoms with E-state index in [1.54, 1.807) is 6.92 Å². The van der Waals surface area contributed by atoms with Gasteiger partial charge in [0.2, 0.25) is 0 Å². The number of carboxylic acids is 1. The molecule has 0 amide bonds. The molecule has 0 heterocycles. The summed E-state index contributed by atoms with van der Waals surface area (Å²) in [6.07, 6.45) is 2.98. The Labute approximate surface area is 121 Å². The molecule has 5 N–H and O–H groups in total. The van der Waals surface area contributed by atoms with E-state index in [9.17, 15) is 4.79 Å². The van der Waals surface area contributed by atoms with Gasteiger partial charge in [-0.3, -0.25) is 10.2 Å². The normalized spacial score (nSPS) is 13.7. The van der Waals surface area contributed by atoms with Gasteiger partial charge in [0.05, 0.1) is 5.84 Å². The van der Waals surface area contributed by atoms with Gasteiger partial charge in [-0.2, -0.15) is 0 Å². The van der Waals surface area contributed by atoms with Crippen LogP contribution >= 0.6 is 24.8 Å². The fraction of sp³-hybridized carbons (Fsp3) is 0.636. The van der Waals surface area contributed by atoms with E-state index in [2.05, 4.69) is 5.32 Å². The fourth-order valence-corrected chi connectivity index (χ4v) is 1.07. The minimum Gasteiger partial charge on any atom is -0.480 e. The highest BCUT2D eigenvalue weighted by Gasteiger charge is 2.26. The van der Waals surface area contributed by atoms with Crippen molar-refractivity contribution < 1.29 is 9.90 Å². The van der Waals surface area contributed by atoms with Crippen molar-refractivity contribution in [3.8, 4) is 0 Å². The average molecular weight is 300 g/mol. The summed E-state index contributed by atoms with van der Waals surface area (Å²) in [7, 11) is 0. The van der Waals surface area contributed by atoms with Crippen LogP contribution in [0.1, 0.15) is 33.6 Å². The molecule has 0 aliphatic rings. The molecule has 1 atom stereocenters. The van der Waals surface area contributed by atoms with Crippen LogP contribution in [0.2, 0.25) is 0 Å². The smallest absolute Gasteiger partial charge is 0.323 e. The Balaban J connectivity index is -0.00000112. The highest BCUT2D eigenvalue weighted by molar-refractivity contribution is 5.85. The van der Waals surface area contributed by atoms with Gasteiger partial charge in [0, 0.05) is 6.54 Å². The Bertz CT molecular complexity index is 305. The first-order valence-corrected chi connectivity index (χ1v) is 5.22. The van der Waals surface area contributed by atoms with Crippen LogP contribution in [-0.4, -0.2) is 29.0 Å². The molecule has 0 aromatic rings. The van der Waals surface area contributed by atoms with Crippen molar-refractivity contribution >= 4 is 36.6 Å². The second kappa shape index (κ2) is 10.2. The number of aliphatic carboxylic acids is 1. The van der Waals surface area contributed by atoms with Crippen LogP contribution in [0.3, 0.4) is 0 Å². The quantitative estimate of drug-likeness (QED) is 0.342. The fourth-order valence-electron chi connectivity index (χ4n) is 1.07. The molecule has 0 bridgehead atoms. The van der Waals surface area contributed by atoms with E-state index in [4.69, 9.17) is 16.2 Å². The third-order valence-electron chi connectivity index (χ3n) is 2.28. The second-order valence-corrected chi connectivity index (χ2v) is 4.29. The maximum Gasteiger partial charge on any atom is 0.323 e. The Morgan fingerprint density at radius 2 is 1.94 bits per heavy atom. The number of nitrogens with two attached hydrogens (primary N) is 1. The van der Waals surface area contributed by atoms with E-state index in [1.165, 1.54) is 6.92 Å². The first kappa shape index (κ1) is 22.4. The van der Waals surface area contributed by atoms with Crippen molar-refractivity contribution in [3.05, 3.63) is 11.6 Å². The number of carboxylic acid groups (broad SMARTS) is 1. The summed E-state index contributed by atoms with van der Waals surface area (Å²) in [6.45, 7) is 5.74. The molecule has 5 nitrogen and oxygen atoms in total. The molecule has 0 aliphatic heterocycles. The zero-order valence-electron chi connectivity index (χ0n) is 10.9. The van der Waals surface area contributed by atoms with Crippen LogP contribution in [0.25, 0.3) is 0 Å². The van der Waals surface area contributed by atoms with Crippen LogP contribution in [0.4, 0.5) is 0 Å². The van der Waals surface area contributed by atoms with Gasteiger partial charge in [-0.15, -0.1) is 24.8 Å². The average Bonchev–Trinajstić information content (AvgIpc) is 2.14. The Kier molecular flexibility index (Phi) is 12.7. The summed E-state index contributed by atoms with van der Waals surface area (Å²) in [5, 5.41) is 18.9. The maximum absolute atomic E-state index is 10.7. The molecule has 0 aromatic heterocycles. The van der Waals surface area contributed by atoms with Gasteiger partial charge in [-0.1, -0.05) is 11.6 Å². The third-order valence-corrected chi connectivity index (χ3v) is 2.28. The first-order valence-electron chi connectivity index (χ1n) is 5.22. The van der Waals surface area contributed by atoms with Crippen molar-refractivity contribution in [2.24, 2.45) is 5.73 Å². The summed E-state index contributed by atoms with van der Waals surface area (Å²) < 4.78 is 0. The summed E-state index contributed by atoms with van der Waals surface area (Å²) >= 11 is 0. The lowest BCUT2D eigenvalue weighted by atomic mass is 9.97. The van der Waals surface area contributed by atoms with E-state index >= 15 is 0 Å². The molecule has 0 aliphatic carbocycles. The molecule has 0 spiro atoms. The SMILES string of the molecule is CC(=N)NC/C(C)=C\CC[C@](C)(N)C(=O)O.Cl.Cl.